The SMILES string of the molecule is CCCCc1nc(C)c(CC(=S)N2CCC3CCCCC3C2)c(=O)n1Cc1ccc(-c2ccccc2-c2noc(=O)[nH]2)cc1. The van der Waals surface area contributed by atoms with Gasteiger partial charge in [-0.1, -0.05) is 98.5 Å². The maximum Gasteiger partial charge on any atom is 0.439 e. The Morgan fingerprint density at radius 2 is 1.77 bits per heavy atom. The van der Waals surface area contributed by atoms with E-state index in [2.05, 4.69) is 22.0 Å². The topological polar surface area (TPSA) is 97.0 Å². The highest BCUT2D eigenvalue weighted by Crippen LogP contribution is 2.36. The molecular formula is C35H41N5O3S. The molecule has 2 aromatic heterocycles. The highest BCUT2D eigenvalue weighted by atomic mass is 32.1. The van der Waals surface area contributed by atoms with Crippen molar-refractivity contribution >= 4 is 17.2 Å². The van der Waals surface area contributed by atoms with Gasteiger partial charge in [0.25, 0.3) is 5.56 Å². The van der Waals surface area contributed by atoms with Crippen molar-refractivity contribution < 1.29 is 4.52 Å². The van der Waals surface area contributed by atoms with E-state index in [9.17, 15) is 9.59 Å². The van der Waals surface area contributed by atoms with Crippen molar-refractivity contribution in [2.75, 3.05) is 13.1 Å². The Bertz CT molecular complexity index is 1740. The lowest BCUT2D eigenvalue weighted by Crippen LogP contribution is -2.45. The third-order valence-electron chi connectivity index (χ3n) is 9.50. The first-order chi connectivity index (χ1) is 21.4. The molecule has 0 spiro atoms. The Balaban J connectivity index is 1.25. The molecular weight excluding hydrogens is 570 g/mol. The van der Waals surface area contributed by atoms with Crippen LogP contribution in [0, 0.1) is 18.8 Å². The van der Waals surface area contributed by atoms with Crippen molar-refractivity contribution in [3.63, 3.8) is 0 Å². The van der Waals surface area contributed by atoms with Gasteiger partial charge < -0.3 is 4.90 Å². The molecule has 2 aliphatic rings. The van der Waals surface area contributed by atoms with E-state index in [1.165, 1.54) is 32.1 Å². The number of aromatic nitrogens is 4. The molecule has 3 heterocycles. The van der Waals surface area contributed by atoms with E-state index in [0.717, 1.165) is 82.9 Å². The number of aromatic amines is 1. The standard InChI is InChI=1S/C35H41N5O3S/c1-3-4-13-31-36-23(2)30(20-32(44)39-19-18-25-9-5-6-10-27(25)22-39)34(41)40(31)21-24-14-16-26(17-15-24)28-11-7-8-12-29(28)33-37-35(42)43-38-33/h7-8,11-12,14-17,25,27H,3-6,9-10,13,18-22H2,1-2H3,(H,37,38,42). The van der Waals surface area contributed by atoms with Crippen molar-refractivity contribution in [2.45, 2.75) is 78.2 Å². The van der Waals surface area contributed by atoms with E-state index in [-0.39, 0.29) is 5.56 Å². The van der Waals surface area contributed by atoms with Gasteiger partial charge in [-0.3, -0.25) is 18.9 Å². The number of hydrogen-bond donors (Lipinski definition) is 1. The van der Waals surface area contributed by atoms with Gasteiger partial charge in [0.15, 0.2) is 5.82 Å². The fourth-order valence-electron chi connectivity index (χ4n) is 7.00. The van der Waals surface area contributed by atoms with Crippen LogP contribution in [0.15, 0.2) is 62.6 Å². The highest BCUT2D eigenvalue weighted by molar-refractivity contribution is 7.80. The summed E-state index contributed by atoms with van der Waals surface area (Å²) in [7, 11) is 0. The Kier molecular flexibility index (Phi) is 9.21. The number of unbranched alkanes of at least 4 members (excludes halogenated alkanes) is 1. The van der Waals surface area contributed by atoms with Crippen molar-refractivity contribution in [3.05, 3.63) is 92.1 Å². The van der Waals surface area contributed by atoms with Crippen molar-refractivity contribution in [1.82, 2.24) is 24.6 Å². The van der Waals surface area contributed by atoms with Crippen LogP contribution in [0.4, 0.5) is 0 Å². The zero-order valence-corrected chi connectivity index (χ0v) is 26.5. The van der Waals surface area contributed by atoms with Gasteiger partial charge in [-0.25, -0.2) is 9.78 Å². The third-order valence-corrected chi connectivity index (χ3v) is 9.90. The van der Waals surface area contributed by atoms with E-state index >= 15 is 0 Å². The summed E-state index contributed by atoms with van der Waals surface area (Å²) in [5.41, 5.74) is 5.22. The van der Waals surface area contributed by atoms with Crippen molar-refractivity contribution in [3.8, 4) is 22.5 Å². The van der Waals surface area contributed by atoms with Crippen LogP contribution in [0.1, 0.15) is 74.5 Å². The molecule has 2 aromatic carbocycles. The molecule has 1 N–H and O–H groups in total. The first-order valence-electron chi connectivity index (χ1n) is 16.0. The average Bonchev–Trinajstić information content (AvgIpc) is 3.49. The fourth-order valence-corrected chi connectivity index (χ4v) is 7.31. The van der Waals surface area contributed by atoms with Crippen LogP contribution in [0.25, 0.3) is 22.5 Å². The lowest BCUT2D eigenvalue weighted by Gasteiger charge is -2.42. The van der Waals surface area contributed by atoms with Gasteiger partial charge in [-0.15, -0.1) is 0 Å². The van der Waals surface area contributed by atoms with E-state index < -0.39 is 5.76 Å². The predicted molar refractivity (Wildman–Crippen MR) is 177 cm³/mol. The number of benzene rings is 2. The minimum Gasteiger partial charge on any atom is -0.366 e. The summed E-state index contributed by atoms with van der Waals surface area (Å²) in [6, 6.07) is 15.9. The second kappa shape index (κ2) is 13.4. The van der Waals surface area contributed by atoms with E-state index in [4.69, 9.17) is 21.7 Å². The number of fused-ring (bicyclic) bond motifs is 1. The summed E-state index contributed by atoms with van der Waals surface area (Å²) in [6.07, 6.45) is 9.78. The van der Waals surface area contributed by atoms with Gasteiger partial charge in [0.1, 0.15) is 5.82 Å². The number of H-pyrrole nitrogens is 1. The van der Waals surface area contributed by atoms with Gasteiger partial charge in [0, 0.05) is 42.8 Å². The number of thiocarbonyl (C=S) groups is 1. The summed E-state index contributed by atoms with van der Waals surface area (Å²) in [6.45, 7) is 6.58. The highest BCUT2D eigenvalue weighted by Gasteiger charge is 2.32. The second-order valence-electron chi connectivity index (χ2n) is 12.4. The van der Waals surface area contributed by atoms with Gasteiger partial charge in [0.05, 0.1) is 11.5 Å². The lowest BCUT2D eigenvalue weighted by molar-refractivity contribution is 0.130. The molecule has 0 bridgehead atoms. The summed E-state index contributed by atoms with van der Waals surface area (Å²) < 4.78 is 6.59. The van der Waals surface area contributed by atoms with Gasteiger partial charge in [0.2, 0.25) is 0 Å². The first-order valence-corrected chi connectivity index (χ1v) is 16.4. The maximum absolute atomic E-state index is 14.1. The zero-order valence-electron chi connectivity index (χ0n) is 25.7. The van der Waals surface area contributed by atoms with E-state index in [1.807, 2.05) is 60.0 Å². The van der Waals surface area contributed by atoms with Gasteiger partial charge in [-0.2, -0.15) is 0 Å². The quantitative estimate of drug-likeness (QED) is 0.221. The number of likely N-dealkylation sites (tertiary alicyclic amines) is 1. The van der Waals surface area contributed by atoms with Crippen molar-refractivity contribution in [2.24, 2.45) is 11.8 Å². The Morgan fingerprint density at radius 1 is 1.02 bits per heavy atom. The van der Waals surface area contributed by atoms with E-state index in [0.29, 0.717) is 24.4 Å². The molecule has 1 aliphatic carbocycles. The van der Waals surface area contributed by atoms with Crippen LogP contribution < -0.4 is 11.3 Å². The smallest absolute Gasteiger partial charge is 0.366 e. The number of aryl methyl sites for hydroxylation is 2. The molecule has 1 saturated carbocycles. The molecule has 6 rings (SSSR count). The Hall–Kier alpha value is -3.85. The summed E-state index contributed by atoms with van der Waals surface area (Å²) in [5.74, 6) is 2.20. The summed E-state index contributed by atoms with van der Waals surface area (Å²) in [5, 5.41) is 3.87. The van der Waals surface area contributed by atoms with E-state index in [1.54, 1.807) is 0 Å². The van der Waals surface area contributed by atoms with Crippen LogP contribution >= 0.6 is 12.2 Å². The molecule has 0 radical (unpaired) electrons. The summed E-state index contributed by atoms with van der Waals surface area (Å²) in [4.78, 5) is 36.5. The Morgan fingerprint density at radius 3 is 2.50 bits per heavy atom. The van der Waals surface area contributed by atoms with Crippen molar-refractivity contribution in [1.29, 1.82) is 0 Å². The summed E-state index contributed by atoms with van der Waals surface area (Å²) >= 11 is 5.97. The molecule has 2 atom stereocenters. The largest absolute Gasteiger partial charge is 0.439 e. The number of piperidine rings is 1. The molecule has 44 heavy (non-hydrogen) atoms. The van der Waals surface area contributed by atoms with Crippen LogP contribution in [-0.4, -0.2) is 42.7 Å². The number of nitrogens with zero attached hydrogens (tertiary/aromatic N) is 4. The number of rotatable bonds is 9. The molecule has 9 heteroatoms. The zero-order chi connectivity index (χ0) is 30.6. The predicted octanol–water partition coefficient (Wildman–Crippen LogP) is 6.33. The Labute approximate surface area is 263 Å². The minimum absolute atomic E-state index is 0.0166. The molecule has 230 valence electrons. The number of nitrogens with one attached hydrogen (secondary N) is 1. The maximum atomic E-state index is 14.1. The van der Waals surface area contributed by atoms with Crippen LogP contribution in [0.2, 0.25) is 0 Å². The monoisotopic (exact) mass is 611 g/mol. The minimum atomic E-state index is -0.588. The third kappa shape index (κ3) is 6.48. The first kappa shape index (κ1) is 30.2. The normalized spacial score (nSPS) is 18.3. The molecule has 2 unspecified atom stereocenters. The lowest BCUT2D eigenvalue weighted by atomic mass is 9.75. The molecule has 1 aliphatic heterocycles. The molecule has 1 saturated heterocycles. The number of hydrogen-bond acceptors (Lipinski definition) is 6. The second-order valence-corrected chi connectivity index (χ2v) is 12.9. The van der Waals surface area contributed by atoms with Gasteiger partial charge in [-0.05, 0) is 54.7 Å². The molecule has 8 nitrogen and oxygen atoms in total. The molecule has 4 aromatic rings. The van der Waals surface area contributed by atoms with Crippen LogP contribution in [0.3, 0.4) is 0 Å². The molecule has 0 amide bonds. The molecule has 2 fully saturated rings. The average molecular weight is 612 g/mol. The van der Waals surface area contributed by atoms with Crippen LogP contribution in [0.5, 0.6) is 0 Å². The van der Waals surface area contributed by atoms with Gasteiger partial charge >= 0.3 is 5.76 Å². The fraction of sp³-hybridized carbons (Fsp3) is 0.457. The van der Waals surface area contributed by atoms with Crippen LogP contribution in [-0.2, 0) is 19.4 Å².